The number of aryl methyl sites for hydroxylation is 1. The summed E-state index contributed by atoms with van der Waals surface area (Å²) in [7, 11) is 1.76. The zero-order chi connectivity index (χ0) is 19.6. The van der Waals surface area contributed by atoms with Crippen LogP contribution in [0.5, 0.6) is 0 Å². The fourth-order valence-corrected chi connectivity index (χ4v) is 4.21. The number of likely N-dealkylation sites (tertiary alicyclic amines) is 2. The number of carbonyl (C=O) groups excluding carboxylic acids is 2. The Morgan fingerprint density at radius 3 is 2.33 bits per heavy atom. The Bertz CT molecular complexity index is 657. The van der Waals surface area contributed by atoms with Gasteiger partial charge in [0.1, 0.15) is 0 Å². The maximum atomic E-state index is 12.5. The summed E-state index contributed by atoms with van der Waals surface area (Å²) >= 11 is 0. The standard InChI is InChI=1S/C20H33N5O2/c1-14(2)16-7-9-24(10-8-16)19(26)6-5-15(3)17-11-25(12-17)20(27)18-13-23(4)22-21-18/h13-17H,5-12H2,1-4H3. The minimum absolute atomic E-state index is 0.0457. The first kappa shape index (κ1) is 19.8. The van der Waals surface area contributed by atoms with Gasteiger partial charge in [0.25, 0.3) is 5.91 Å². The first-order chi connectivity index (χ1) is 12.8. The van der Waals surface area contributed by atoms with E-state index in [9.17, 15) is 9.59 Å². The van der Waals surface area contributed by atoms with Crippen molar-refractivity contribution in [3.8, 4) is 0 Å². The molecule has 0 bridgehead atoms. The van der Waals surface area contributed by atoms with Gasteiger partial charge in [0, 0.05) is 39.6 Å². The van der Waals surface area contributed by atoms with Crippen LogP contribution in [0.4, 0.5) is 0 Å². The van der Waals surface area contributed by atoms with Crippen LogP contribution in [0.3, 0.4) is 0 Å². The highest BCUT2D eigenvalue weighted by Gasteiger charge is 2.35. The summed E-state index contributed by atoms with van der Waals surface area (Å²) in [5, 5.41) is 7.70. The quantitative estimate of drug-likeness (QED) is 0.764. The van der Waals surface area contributed by atoms with Crippen molar-refractivity contribution in [2.75, 3.05) is 26.2 Å². The lowest BCUT2D eigenvalue weighted by Crippen LogP contribution is -2.52. The Kier molecular flexibility index (Phi) is 6.17. The van der Waals surface area contributed by atoms with Crippen LogP contribution < -0.4 is 0 Å². The molecule has 2 saturated heterocycles. The molecule has 0 spiro atoms. The maximum Gasteiger partial charge on any atom is 0.276 e. The van der Waals surface area contributed by atoms with Crippen molar-refractivity contribution in [1.29, 1.82) is 0 Å². The van der Waals surface area contributed by atoms with E-state index in [1.807, 2.05) is 4.90 Å². The lowest BCUT2D eigenvalue weighted by Gasteiger charge is -2.42. The monoisotopic (exact) mass is 375 g/mol. The Balaban J connectivity index is 1.36. The highest BCUT2D eigenvalue weighted by Crippen LogP contribution is 2.29. The molecule has 7 heteroatoms. The topological polar surface area (TPSA) is 71.3 Å². The molecule has 2 amide bonds. The highest BCUT2D eigenvalue weighted by atomic mass is 16.2. The van der Waals surface area contributed by atoms with Crippen LogP contribution in [0.25, 0.3) is 0 Å². The van der Waals surface area contributed by atoms with E-state index in [0.717, 1.165) is 51.4 Å². The number of carbonyl (C=O) groups is 2. The first-order valence-corrected chi connectivity index (χ1v) is 10.3. The number of hydrogen-bond acceptors (Lipinski definition) is 4. The van der Waals surface area contributed by atoms with Gasteiger partial charge < -0.3 is 9.80 Å². The average molecular weight is 376 g/mol. The van der Waals surface area contributed by atoms with E-state index in [2.05, 4.69) is 36.0 Å². The SMILES string of the molecule is CC(C)C1CCN(C(=O)CCC(C)C2CN(C(=O)c3cn(C)nn3)C2)CC1. The summed E-state index contributed by atoms with van der Waals surface area (Å²) in [5.41, 5.74) is 0.406. The smallest absolute Gasteiger partial charge is 0.276 e. The molecule has 2 fully saturated rings. The third-order valence-electron chi connectivity index (χ3n) is 6.47. The second kappa shape index (κ2) is 8.40. The Morgan fingerprint density at radius 1 is 1.11 bits per heavy atom. The summed E-state index contributed by atoms with van der Waals surface area (Å²) in [6, 6.07) is 0. The number of rotatable bonds is 6. The zero-order valence-electron chi connectivity index (χ0n) is 17.1. The van der Waals surface area contributed by atoms with Crippen LogP contribution in [0.15, 0.2) is 6.20 Å². The number of hydrogen-bond donors (Lipinski definition) is 0. The van der Waals surface area contributed by atoms with Crippen molar-refractivity contribution in [1.82, 2.24) is 24.8 Å². The van der Waals surface area contributed by atoms with Crippen LogP contribution in [0.1, 0.15) is 56.9 Å². The van der Waals surface area contributed by atoms with Crippen molar-refractivity contribution in [2.45, 2.75) is 46.5 Å². The highest BCUT2D eigenvalue weighted by molar-refractivity contribution is 5.92. The van der Waals surface area contributed by atoms with E-state index in [1.165, 1.54) is 0 Å². The van der Waals surface area contributed by atoms with E-state index in [4.69, 9.17) is 0 Å². The van der Waals surface area contributed by atoms with Crippen molar-refractivity contribution in [2.24, 2.45) is 30.7 Å². The normalized spacial score (nSPS) is 20.0. The predicted octanol–water partition coefficient (Wildman–Crippen LogP) is 2.20. The summed E-state index contributed by atoms with van der Waals surface area (Å²) in [4.78, 5) is 28.7. The molecule has 0 saturated carbocycles. The molecule has 3 rings (SSSR count). The molecule has 1 atom stereocenters. The van der Waals surface area contributed by atoms with Gasteiger partial charge in [-0.25, -0.2) is 0 Å². The van der Waals surface area contributed by atoms with Gasteiger partial charge >= 0.3 is 0 Å². The number of amides is 2. The Labute approximate surface area is 162 Å². The minimum Gasteiger partial charge on any atom is -0.343 e. The summed E-state index contributed by atoms with van der Waals surface area (Å²) < 4.78 is 1.54. The molecule has 1 unspecified atom stereocenters. The summed E-state index contributed by atoms with van der Waals surface area (Å²) in [6.07, 6.45) is 5.46. The van der Waals surface area contributed by atoms with Crippen molar-refractivity contribution in [3.63, 3.8) is 0 Å². The first-order valence-electron chi connectivity index (χ1n) is 10.3. The van der Waals surface area contributed by atoms with Gasteiger partial charge in [-0.1, -0.05) is 26.0 Å². The molecular weight excluding hydrogens is 342 g/mol. The molecule has 0 N–H and O–H groups in total. The number of nitrogens with zero attached hydrogens (tertiary/aromatic N) is 5. The molecule has 0 radical (unpaired) electrons. The van der Waals surface area contributed by atoms with Gasteiger partial charge in [-0.15, -0.1) is 5.10 Å². The molecular formula is C20H33N5O2. The molecule has 3 heterocycles. The summed E-state index contributed by atoms with van der Waals surface area (Å²) in [6.45, 7) is 10.1. The van der Waals surface area contributed by atoms with Crippen LogP contribution in [-0.4, -0.2) is 62.8 Å². The van der Waals surface area contributed by atoms with Crippen LogP contribution in [0, 0.1) is 23.7 Å². The van der Waals surface area contributed by atoms with Gasteiger partial charge in [-0.05, 0) is 42.9 Å². The van der Waals surface area contributed by atoms with Crippen LogP contribution in [-0.2, 0) is 11.8 Å². The number of piperidine rings is 1. The van der Waals surface area contributed by atoms with Gasteiger partial charge in [0.15, 0.2) is 5.69 Å². The minimum atomic E-state index is -0.0457. The van der Waals surface area contributed by atoms with Crippen LogP contribution >= 0.6 is 0 Å². The van der Waals surface area contributed by atoms with E-state index in [0.29, 0.717) is 35.8 Å². The third-order valence-corrected chi connectivity index (χ3v) is 6.47. The molecule has 7 nitrogen and oxygen atoms in total. The van der Waals surface area contributed by atoms with E-state index in [-0.39, 0.29) is 5.91 Å². The van der Waals surface area contributed by atoms with Crippen molar-refractivity contribution in [3.05, 3.63) is 11.9 Å². The number of aromatic nitrogens is 3. The predicted molar refractivity (Wildman–Crippen MR) is 103 cm³/mol. The van der Waals surface area contributed by atoms with Crippen LogP contribution in [0.2, 0.25) is 0 Å². The van der Waals surface area contributed by atoms with Gasteiger partial charge in [-0.3, -0.25) is 14.3 Å². The lowest BCUT2D eigenvalue weighted by atomic mass is 9.83. The lowest BCUT2D eigenvalue weighted by molar-refractivity contribution is -0.133. The van der Waals surface area contributed by atoms with E-state index >= 15 is 0 Å². The fraction of sp³-hybridized carbons (Fsp3) is 0.800. The summed E-state index contributed by atoms with van der Waals surface area (Å²) in [5.74, 6) is 2.67. The largest absolute Gasteiger partial charge is 0.343 e. The second-order valence-electron chi connectivity index (χ2n) is 8.73. The molecule has 2 aliphatic rings. The molecule has 27 heavy (non-hydrogen) atoms. The molecule has 2 aliphatic heterocycles. The van der Waals surface area contributed by atoms with Crippen molar-refractivity contribution >= 4 is 11.8 Å². The van der Waals surface area contributed by atoms with Gasteiger partial charge in [0.2, 0.25) is 5.91 Å². The Hall–Kier alpha value is -1.92. The molecule has 150 valence electrons. The van der Waals surface area contributed by atoms with E-state index < -0.39 is 0 Å². The Morgan fingerprint density at radius 2 is 1.78 bits per heavy atom. The second-order valence-corrected chi connectivity index (χ2v) is 8.73. The fourth-order valence-electron chi connectivity index (χ4n) is 4.21. The zero-order valence-corrected chi connectivity index (χ0v) is 17.1. The third kappa shape index (κ3) is 4.68. The average Bonchev–Trinajstić information content (AvgIpc) is 3.04. The molecule has 1 aromatic rings. The molecule has 0 aromatic carbocycles. The molecule has 1 aromatic heterocycles. The molecule has 0 aliphatic carbocycles. The van der Waals surface area contributed by atoms with Gasteiger partial charge in [0.05, 0.1) is 6.20 Å². The van der Waals surface area contributed by atoms with E-state index in [1.54, 1.807) is 17.9 Å². The van der Waals surface area contributed by atoms with Gasteiger partial charge in [-0.2, -0.15) is 0 Å². The van der Waals surface area contributed by atoms with Crippen molar-refractivity contribution < 1.29 is 9.59 Å². The maximum absolute atomic E-state index is 12.5.